The normalized spacial score (nSPS) is 11.3. The van der Waals surface area contributed by atoms with Crippen molar-refractivity contribution in [3.05, 3.63) is 40.4 Å². The van der Waals surface area contributed by atoms with E-state index in [0.717, 1.165) is 0 Å². The highest BCUT2D eigenvalue weighted by Crippen LogP contribution is 2.28. The molecule has 0 aliphatic carbocycles. The Morgan fingerprint density at radius 2 is 1.90 bits per heavy atom. The Balaban J connectivity index is 2.36. The molecule has 0 saturated heterocycles. The second-order valence-corrected chi connectivity index (χ2v) is 6.45. The molecule has 4 nitrogen and oxygen atoms in total. The summed E-state index contributed by atoms with van der Waals surface area (Å²) in [5, 5.41) is 2.97. The van der Waals surface area contributed by atoms with E-state index < -0.39 is 0 Å². The summed E-state index contributed by atoms with van der Waals surface area (Å²) >= 11 is 3.11. The van der Waals surface area contributed by atoms with Gasteiger partial charge >= 0.3 is 0 Å². The SMILES string of the molecule is CNc1cc(Oc2ccc(Br)c(F)c2)nc(C(C)(C)C)n1. The molecule has 0 saturated carbocycles. The second kappa shape index (κ2) is 5.97. The van der Waals surface area contributed by atoms with Gasteiger partial charge < -0.3 is 10.1 Å². The number of rotatable bonds is 3. The van der Waals surface area contributed by atoms with Crippen molar-refractivity contribution in [3.8, 4) is 11.6 Å². The molecule has 0 aliphatic heterocycles. The lowest BCUT2D eigenvalue weighted by Gasteiger charge is -2.18. The molecule has 0 unspecified atom stereocenters. The standard InChI is InChI=1S/C15H17BrFN3O/c1-15(2,3)14-19-12(18-4)8-13(20-14)21-9-5-6-10(16)11(17)7-9/h5-8H,1-4H3,(H,18,19,20). The summed E-state index contributed by atoms with van der Waals surface area (Å²) in [5.41, 5.74) is -0.212. The molecular formula is C15H17BrFN3O. The monoisotopic (exact) mass is 353 g/mol. The second-order valence-electron chi connectivity index (χ2n) is 5.59. The average Bonchev–Trinajstić information content (AvgIpc) is 2.41. The summed E-state index contributed by atoms with van der Waals surface area (Å²) < 4.78 is 19.6. The van der Waals surface area contributed by atoms with Gasteiger partial charge in [0.15, 0.2) is 0 Å². The number of ether oxygens (including phenoxy) is 1. The van der Waals surface area contributed by atoms with Crippen molar-refractivity contribution in [2.24, 2.45) is 0 Å². The van der Waals surface area contributed by atoms with Crippen LogP contribution in [0.2, 0.25) is 0 Å². The Morgan fingerprint density at radius 3 is 2.48 bits per heavy atom. The van der Waals surface area contributed by atoms with Gasteiger partial charge in [-0.1, -0.05) is 20.8 Å². The van der Waals surface area contributed by atoms with Gasteiger partial charge in [0.2, 0.25) is 5.88 Å². The van der Waals surface area contributed by atoms with Crippen LogP contribution in [0.25, 0.3) is 0 Å². The van der Waals surface area contributed by atoms with E-state index in [0.29, 0.717) is 27.7 Å². The average molecular weight is 354 g/mol. The Labute approximate surface area is 131 Å². The first kappa shape index (κ1) is 15.7. The van der Waals surface area contributed by atoms with E-state index in [1.807, 2.05) is 20.8 Å². The van der Waals surface area contributed by atoms with Crippen LogP contribution in [-0.4, -0.2) is 17.0 Å². The molecular weight excluding hydrogens is 337 g/mol. The molecule has 1 heterocycles. The molecule has 0 radical (unpaired) electrons. The van der Waals surface area contributed by atoms with Gasteiger partial charge in [0, 0.05) is 24.6 Å². The lowest BCUT2D eigenvalue weighted by molar-refractivity contribution is 0.442. The zero-order valence-corrected chi connectivity index (χ0v) is 14.0. The molecule has 21 heavy (non-hydrogen) atoms. The number of nitrogens with zero attached hydrogens (tertiary/aromatic N) is 2. The van der Waals surface area contributed by atoms with Gasteiger partial charge in [-0.05, 0) is 28.1 Å². The highest BCUT2D eigenvalue weighted by molar-refractivity contribution is 9.10. The number of halogens is 2. The molecule has 2 rings (SSSR count). The third kappa shape index (κ3) is 3.91. The minimum Gasteiger partial charge on any atom is -0.439 e. The van der Waals surface area contributed by atoms with Crippen LogP contribution in [0.1, 0.15) is 26.6 Å². The highest BCUT2D eigenvalue weighted by Gasteiger charge is 2.19. The molecule has 2 aromatic rings. The fourth-order valence-corrected chi connectivity index (χ4v) is 1.85. The van der Waals surface area contributed by atoms with E-state index in [9.17, 15) is 4.39 Å². The summed E-state index contributed by atoms with van der Waals surface area (Å²) in [6, 6.07) is 6.25. The van der Waals surface area contributed by atoms with E-state index in [1.54, 1.807) is 25.2 Å². The fourth-order valence-electron chi connectivity index (χ4n) is 1.60. The maximum Gasteiger partial charge on any atom is 0.224 e. The van der Waals surface area contributed by atoms with Crippen LogP contribution in [0.15, 0.2) is 28.7 Å². The number of hydrogen-bond acceptors (Lipinski definition) is 4. The van der Waals surface area contributed by atoms with Crippen LogP contribution in [0.4, 0.5) is 10.2 Å². The molecule has 1 aromatic carbocycles. The Bertz CT molecular complexity index is 656. The molecule has 1 aromatic heterocycles. The van der Waals surface area contributed by atoms with Gasteiger partial charge in [-0.25, -0.2) is 9.37 Å². The van der Waals surface area contributed by atoms with Crippen LogP contribution >= 0.6 is 15.9 Å². The molecule has 1 N–H and O–H groups in total. The van der Waals surface area contributed by atoms with Gasteiger partial charge in [-0.2, -0.15) is 4.98 Å². The third-order valence-corrected chi connectivity index (χ3v) is 3.39. The van der Waals surface area contributed by atoms with E-state index >= 15 is 0 Å². The molecule has 6 heteroatoms. The largest absolute Gasteiger partial charge is 0.439 e. The van der Waals surface area contributed by atoms with Crippen LogP contribution < -0.4 is 10.1 Å². The Hall–Kier alpha value is -1.69. The number of benzene rings is 1. The van der Waals surface area contributed by atoms with Gasteiger partial charge in [-0.15, -0.1) is 0 Å². The van der Waals surface area contributed by atoms with Gasteiger partial charge in [-0.3, -0.25) is 0 Å². The predicted octanol–water partition coefficient (Wildman–Crippen LogP) is 4.51. The number of anilines is 1. The van der Waals surface area contributed by atoms with E-state index in [4.69, 9.17) is 4.74 Å². The van der Waals surface area contributed by atoms with Crippen molar-refractivity contribution in [1.82, 2.24) is 9.97 Å². The summed E-state index contributed by atoms with van der Waals surface area (Å²) in [4.78, 5) is 8.81. The van der Waals surface area contributed by atoms with Crippen molar-refractivity contribution >= 4 is 21.7 Å². The molecule has 0 spiro atoms. The maximum atomic E-state index is 13.5. The molecule has 0 amide bonds. The maximum absolute atomic E-state index is 13.5. The summed E-state index contributed by atoms with van der Waals surface area (Å²) in [7, 11) is 1.78. The Morgan fingerprint density at radius 1 is 1.19 bits per heavy atom. The Kier molecular flexibility index (Phi) is 4.46. The minimum absolute atomic E-state index is 0.212. The molecule has 0 aliphatic rings. The predicted molar refractivity (Wildman–Crippen MR) is 84.5 cm³/mol. The first-order valence-electron chi connectivity index (χ1n) is 6.50. The van der Waals surface area contributed by atoms with Crippen molar-refractivity contribution in [2.45, 2.75) is 26.2 Å². The van der Waals surface area contributed by atoms with Crippen molar-refractivity contribution in [2.75, 3.05) is 12.4 Å². The van der Waals surface area contributed by atoms with Gasteiger partial charge in [0.25, 0.3) is 0 Å². The zero-order valence-electron chi connectivity index (χ0n) is 12.4. The topological polar surface area (TPSA) is 47.0 Å². The van der Waals surface area contributed by atoms with E-state index in [1.165, 1.54) is 6.07 Å². The molecule has 112 valence electrons. The summed E-state index contributed by atoms with van der Waals surface area (Å²) in [6.07, 6.45) is 0. The van der Waals surface area contributed by atoms with Crippen molar-refractivity contribution in [3.63, 3.8) is 0 Å². The molecule has 0 bridgehead atoms. The highest BCUT2D eigenvalue weighted by atomic mass is 79.9. The lowest BCUT2D eigenvalue weighted by atomic mass is 9.96. The summed E-state index contributed by atoms with van der Waals surface area (Å²) in [5.74, 6) is 1.69. The first-order valence-corrected chi connectivity index (χ1v) is 7.29. The first-order chi connectivity index (χ1) is 9.79. The zero-order chi connectivity index (χ0) is 15.6. The van der Waals surface area contributed by atoms with Crippen molar-refractivity contribution in [1.29, 1.82) is 0 Å². The van der Waals surface area contributed by atoms with Crippen molar-refractivity contribution < 1.29 is 9.13 Å². The van der Waals surface area contributed by atoms with Crippen LogP contribution in [0.3, 0.4) is 0 Å². The number of hydrogen-bond donors (Lipinski definition) is 1. The number of aromatic nitrogens is 2. The van der Waals surface area contributed by atoms with Crippen LogP contribution in [0.5, 0.6) is 11.6 Å². The van der Waals surface area contributed by atoms with Crippen LogP contribution in [0, 0.1) is 5.82 Å². The van der Waals surface area contributed by atoms with E-state index in [-0.39, 0.29) is 11.2 Å². The van der Waals surface area contributed by atoms with Gasteiger partial charge in [0.05, 0.1) is 4.47 Å². The van der Waals surface area contributed by atoms with Crippen LogP contribution in [-0.2, 0) is 5.41 Å². The minimum atomic E-state index is -0.383. The third-order valence-electron chi connectivity index (χ3n) is 2.74. The summed E-state index contributed by atoms with van der Waals surface area (Å²) in [6.45, 7) is 6.06. The fraction of sp³-hybridized carbons (Fsp3) is 0.333. The van der Waals surface area contributed by atoms with E-state index in [2.05, 4.69) is 31.2 Å². The number of nitrogens with one attached hydrogen (secondary N) is 1. The lowest BCUT2D eigenvalue weighted by Crippen LogP contribution is -2.17. The smallest absolute Gasteiger partial charge is 0.224 e. The quantitative estimate of drug-likeness (QED) is 0.881. The molecule has 0 atom stereocenters. The molecule has 0 fully saturated rings. The van der Waals surface area contributed by atoms with Gasteiger partial charge in [0.1, 0.15) is 23.2 Å².